The van der Waals surface area contributed by atoms with Gasteiger partial charge in [-0.25, -0.2) is 0 Å². The van der Waals surface area contributed by atoms with Gasteiger partial charge in [-0.2, -0.15) is 0 Å². The topological polar surface area (TPSA) is 75.3 Å². The molecule has 0 saturated carbocycles. The predicted molar refractivity (Wildman–Crippen MR) is 87.7 cm³/mol. The smallest absolute Gasteiger partial charge is 0.179 e. The van der Waals surface area contributed by atoms with E-state index in [9.17, 15) is 9.90 Å². The molecule has 0 saturated heterocycles. The summed E-state index contributed by atoms with van der Waals surface area (Å²) < 4.78 is 0. The van der Waals surface area contributed by atoms with Crippen molar-refractivity contribution in [1.29, 1.82) is 0 Å². The molecule has 4 N–H and O–H groups in total. The molecule has 1 rings (SSSR count). The van der Waals surface area contributed by atoms with Gasteiger partial charge >= 0.3 is 0 Å². The van der Waals surface area contributed by atoms with Crippen LogP contribution in [0.5, 0.6) is 0 Å². The van der Waals surface area contributed by atoms with Crippen LogP contribution >= 0.6 is 0 Å². The van der Waals surface area contributed by atoms with Crippen LogP contribution < -0.4 is 11.1 Å². The second kappa shape index (κ2) is 8.15. The van der Waals surface area contributed by atoms with Crippen LogP contribution in [-0.2, 0) is 0 Å². The molecule has 118 valence electrons. The quantitative estimate of drug-likeness (QED) is 0.612. The van der Waals surface area contributed by atoms with Crippen LogP contribution in [0.3, 0.4) is 0 Å². The number of carbonyl (C=O) groups excluding carboxylic acids is 1. The molecule has 0 aliphatic heterocycles. The number of benzene rings is 1. The van der Waals surface area contributed by atoms with Gasteiger partial charge in [0.05, 0.1) is 11.6 Å². The monoisotopic (exact) mass is 292 g/mol. The van der Waals surface area contributed by atoms with Crippen molar-refractivity contribution in [2.75, 3.05) is 11.9 Å². The number of rotatable bonds is 9. The molecular weight excluding hydrogens is 264 g/mol. The van der Waals surface area contributed by atoms with E-state index in [-0.39, 0.29) is 5.78 Å². The first-order valence-electron chi connectivity index (χ1n) is 7.78. The van der Waals surface area contributed by atoms with Gasteiger partial charge in [0.1, 0.15) is 0 Å². The highest BCUT2D eigenvalue weighted by atomic mass is 16.3. The number of ketones is 1. The molecule has 0 bridgehead atoms. The zero-order chi connectivity index (χ0) is 15.9. The fourth-order valence-electron chi connectivity index (χ4n) is 2.54. The molecule has 0 spiro atoms. The molecule has 0 radical (unpaired) electrons. The maximum absolute atomic E-state index is 11.9. The van der Waals surface area contributed by atoms with E-state index in [1.54, 1.807) is 19.1 Å². The average molecular weight is 292 g/mol. The number of aliphatic hydroxyl groups is 1. The first-order chi connectivity index (χ1) is 9.91. The Labute approximate surface area is 127 Å². The van der Waals surface area contributed by atoms with E-state index in [1.165, 1.54) is 0 Å². The normalized spacial score (nSPS) is 13.0. The van der Waals surface area contributed by atoms with Crippen LogP contribution in [0.1, 0.15) is 56.8 Å². The number of carbonyl (C=O) groups is 1. The lowest BCUT2D eigenvalue weighted by Gasteiger charge is -2.28. The zero-order valence-electron chi connectivity index (χ0n) is 13.4. The standard InChI is InChI=1S/C17H28N2O2/c1-4-9-17(21,10-5-2)12-19-15-8-6-7-14(11-15)16(20)13(3)18/h6-8,11,13,19,21H,4-5,9-10,12,18H2,1-3H3. The Balaban J connectivity index is 2.74. The Bertz CT molecular complexity index is 452. The molecule has 0 aliphatic carbocycles. The summed E-state index contributed by atoms with van der Waals surface area (Å²) in [6.07, 6.45) is 3.43. The predicted octanol–water partition coefficient (Wildman–Crippen LogP) is 2.96. The molecule has 0 heterocycles. The molecular formula is C17H28N2O2. The van der Waals surface area contributed by atoms with E-state index in [0.717, 1.165) is 31.4 Å². The molecule has 1 aromatic rings. The number of nitrogens with two attached hydrogens (primary N) is 1. The molecule has 0 fully saturated rings. The van der Waals surface area contributed by atoms with Crippen LogP contribution in [0.2, 0.25) is 0 Å². The lowest BCUT2D eigenvalue weighted by Crippen LogP contribution is -2.36. The molecule has 4 heteroatoms. The van der Waals surface area contributed by atoms with E-state index in [0.29, 0.717) is 12.1 Å². The summed E-state index contributed by atoms with van der Waals surface area (Å²) in [4.78, 5) is 11.9. The number of Topliss-reactive ketones (excluding diaryl/α,β-unsaturated/α-hetero) is 1. The minimum Gasteiger partial charge on any atom is -0.388 e. The van der Waals surface area contributed by atoms with E-state index in [1.807, 2.05) is 12.1 Å². The van der Waals surface area contributed by atoms with Gasteiger partial charge in [-0.1, -0.05) is 38.8 Å². The van der Waals surface area contributed by atoms with Crippen LogP contribution in [-0.4, -0.2) is 29.1 Å². The van der Waals surface area contributed by atoms with Crippen molar-refractivity contribution >= 4 is 11.5 Å². The maximum Gasteiger partial charge on any atom is 0.179 e. The summed E-state index contributed by atoms with van der Waals surface area (Å²) in [6, 6.07) is 6.79. The van der Waals surface area contributed by atoms with Gasteiger partial charge in [-0.3, -0.25) is 4.79 Å². The van der Waals surface area contributed by atoms with Gasteiger partial charge in [-0.15, -0.1) is 0 Å². The zero-order valence-corrected chi connectivity index (χ0v) is 13.4. The van der Waals surface area contributed by atoms with Crippen LogP contribution in [0.15, 0.2) is 24.3 Å². The van der Waals surface area contributed by atoms with Crippen LogP contribution in [0.25, 0.3) is 0 Å². The summed E-state index contributed by atoms with van der Waals surface area (Å²) in [5.74, 6) is -0.0731. The van der Waals surface area contributed by atoms with Gasteiger partial charge in [-0.05, 0) is 31.9 Å². The van der Waals surface area contributed by atoms with Crippen molar-refractivity contribution in [3.05, 3.63) is 29.8 Å². The Hall–Kier alpha value is -1.39. The fraction of sp³-hybridized carbons (Fsp3) is 0.588. The summed E-state index contributed by atoms with van der Waals surface area (Å²) in [7, 11) is 0. The van der Waals surface area contributed by atoms with Crippen molar-refractivity contribution in [2.24, 2.45) is 5.73 Å². The van der Waals surface area contributed by atoms with Crippen LogP contribution in [0, 0.1) is 0 Å². The lowest BCUT2D eigenvalue weighted by molar-refractivity contribution is 0.0344. The Kier molecular flexibility index (Phi) is 6.85. The third-order valence-corrected chi connectivity index (χ3v) is 3.61. The van der Waals surface area contributed by atoms with Crippen molar-refractivity contribution in [1.82, 2.24) is 0 Å². The first-order valence-corrected chi connectivity index (χ1v) is 7.78. The molecule has 0 aromatic heterocycles. The van der Waals surface area contributed by atoms with Crippen molar-refractivity contribution in [3.8, 4) is 0 Å². The number of anilines is 1. The number of hydrogen-bond donors (Lipinski definition) is 3. The molecule has 0 amide bonds. The van der Waals surface area contributed by atoms with Crippen molar-refractivity contribution in [2.45, 2.75) is 58.1 Å². The third-order valence-electron chi connectivity index (χ3n) is 3.61. The van der Waals surface area contributed by atoms with Gasteiger partial charge in [0.2, 0.25) is 0 Å². The second-order valence-corrected chi connectivity index (χ2v) is 5.81. The fourth-order valence-corrected chi connectivity index (χ4v) is 2.54. The van der Waals surface area contributed by atoms with Crippen LogP contribution in [0.4, 0.5) is 5.69 Å². The molecule has 1 unspecified atom stereocenters. The minimum absolute atomic E-state index is 0.0731. The minimum atomic E-state index is -0.690. The van der Waals surface area contributed by atoms with Gasteiger partial charge in [0.25, 0.3) is 0 Å². The van der Waals surface area contributed by atoms with Gasteiger partial charge < -0.3 is 16.2 Å². The molecule has 0 aliphatic rings. The van der Waals surface area contributed by atoms with Gasteiger partial charge in [0.15, 0.2) is 5.78 Å². The Morgan fingerprint density at radius 2 is 1.95 bits per heavy atom. The highest BCUT2D eigenvalue weighted by Crippen LogP contribution is 2.21. The molecule has 1 atom stereocenters. The molecule has 21 heavy (non-hydrogen) atoms. The average Bonchev–Trinajstić information content (AvgIpc) is 2.45. The highest BCUT2D eigenvalue weighted by Gasteiger charge is 2.24. The third kappa shape index (κ3) is 5.48. The molecule has 4 nitrogen and oxygen atoms in total. The van der Waals surface area contributed by atoms with Gasteiger partial charge in [0, 0.05) is 17.8 Å². The molecule has 1 aromatic carbocycles. The maximum atomic E-state index is 11.9. The van der Waals surface area contributed by atoms with Crippen molar-refractivity contribution < 1.29 is 9.90 Å². The van der Waals surface area contributed by atoms with E-state index < -0.39 is 11.6 Å². The van der Waals surface area contributed by atoms with Crippen molar-refractivity contribution in [3.63, 3.8) is 0 Å². The SMILES string of the molecule is CCCC(O)(CCC)CNc1cccc(C(=O)C(C)N)c1. The summed E-state index contributed by atoms with van der Waals surface area (Å²) in [6.45, 7) is 6.32. The van der Waals surface area contributed by atoms with E-state index in [2.05, 4.69) is 19.2 Å². The lowest BCUT2D eigenvalue weighted by atomic mass is 9.92. The summed E-state index contributed by atoms with van der Waals surface area (Å²) >= 11 is 0. The van der Waals surface area contributed by atoms with E-state index in [4.69, 9.17) is 5.73 Å². The van der Waals surface area contributed by atoms with E-state index >= 15 is 0 Å². The Morgan fingerprint density at radius 3 is 2.48 bits per heavy atom. The number of nitrogens with one attached hydrogen (secondary N) is 1. The largest absolute Gasteiger partial charge is 0.388 e. The first kappa shape index (κ1) is 17.7. The second-order valence-electron chi connectivity index (χ2n) is 5.81. The summed E-state index contributed by atoms with van der Waals surface area (Å²) in [5.41, 5.74) is 6.38. The highest BCUT2D eigenvalue weighted by molar-refractivity contribution is 6.00. The summed E-state index contributed by atoms with van der Waals surface area (Å²) in [5, 5.41) is 13.8. The number of hydrogen-bond acceptors (Lipinski definition) is 4. The Morgan fingerprint density at radius 1 is 1.33 bits per heavy atom.